The summed E-state index contributed by atoms with van der Waals surface area (Å²) in [4.78, 5) is 13.3. The van der Waals surface area contributed by atoms with Crippen LogP contribution in [0.25, 0.3) is 11.1 Å². The number of aromatic amines is 1. The van der Waals surface area contributed by atoms with Gasteiger partial charge in [-0.15, -0.1) is 22.4 Å². The van der Waals surface area contributed by atoms with E-state index in [1.165, 1.54) is 0 Å². The number of carbonyl (C=O) groups excluding carboxylic acids is 1. The molecule has 0 unspecified atom stereocenters. The average molecular weight is 458 g/mol. The zero-order chi connectivity index (χ0) is 21.8. The Morgan fingerprint density at radius 1 is 1.30 bits per heavy atom. The molecule has 1 amide bonds. The lowest BCUT2D eigenvalue weighted by atomic mass is 9.83. The molecule has 3 heterocycles. The lowest BCUT2D eigenvalue weighted by molar-refractivity contribution is -0.180. The molecule has 3 rings (SSSR count). The zero-order valence-electron chi connectivity index (χ0n) is 16.1. The minimum Gasteiger partial charge on any atom is -0.328 e. The van der Waals surface area contributed by atoms with Crippen molar-refractivity contribution in [3.05, 3.63) is 27.2 Å². The third kappa shape index (κ3) is 4.68. The normalized spacial score (nSPS) is 19.4. The van der Waals surface area contributed by atoms with E-state index in [1.807, 2.05) is 6.92 Å². The van der Waals surface area contributed by atoms with Crippen LogP contribution in [0.3, 0.4) is 0 Å². The number of unbranched alkanes of at least 4 members (excludes halogenated alkanes) is 4. The number of rotatable bonds is 6. The molecule has 0 bridgehead atoms. The van der Waals surface area contributed by atoms with E-state index in [1.54, 1.807) is 12.1 Å². The van der Waals surface area contributed by atoms with Crippen LogP contribution in [-0.2, 0) is 4.79 Å². The van der Waals surface area contributed by atoms with E-state index < -0.39 is 24.0 Å². The average Bonchev–Trinajstić information content (AvgIpc) is 3.35. The summed E-state index contributed by atoms with van der Waals surface area (Å²) in [6.07, 6.45) is -1.39. The number of hydrogen-bond donors (Lipinski definition) is 2. The quantitative estimate of drug-likeness (QED) is 0.489. The molecule has 11 heteroatoms. The molecule has 0 aromatic carbocycles. The number of aromatic nitrogens is 4. The number of nitrogens with zero attached hydrogens (tertiary/aromatic N) is 3. The van der Waals surface area contributed by atoms with Gasteiger partial charge >= 0.3 is 6.18 Å². The molecule has 0 fully saturated rings. The number of H-pyrrole nitrogens is 1. The molecule has 2 aromatic heterocycles. The molecule has 0 spiro atoms. The largest absolute Gasteiger partial charge is 0.423 e. The Balaban J connectivity index is 2.03. The van der Waals surface area contributed by atoms with E-state index in [4.69, 9.17) is 11.6 Å². The van der Waals surface area contributed by atoms with Gasteiger partial charge in [-0.05, 0) is 34.6 Å². The van der Waals surface area contributed by atoms with Crippen molar-refractivity contribution < 1.29 is 18.0 Å². The number of tetrazole rings is 1. The van der Waals surface area contributed by atoms with Crippen LogP contribution in [0.1, 0.15) is 56.2 Å². The molecule has 2 N–H and O–H groups in total. The first-order chi connectivity index (χ1) is 14.3. The Kier molecular flexibility index (Phi) is 6.83. The van der Waals surface area contributed by atoms with E-state index in [9.17, 15) is 18.0 Å². The maximum absolute atomic E-state index is 14.2. The highest BCUT2D eigenvalue weighted by molar-refractivity contribution is 7.17. The van der Waals surface area contributed by atoms with Crippen LogP contribution in [0.2, 0.25) is 4.34 Å². The summed E-state index contributed by atoms with van der Waals surface area (Å²) < 4.78 is 42.8. The number of thiophene rings is 1. The fourth-order valence-corrected chi connectivity index (χ4v) is 4.26. The highest BCUT2D eigenvalue weighted by atomic mass is 35.5. The molecular weight excluding hydrogens is 439 g/mol. The van der Waals surface area contributed by atoms with Crippen molar-refractivity contribution in [2.75, 3.05) is 0 Å². The highest BCUT2D eigenvalue weighted by Gasteiger charge is 2.58. The summed E-state index contributed by atoms with van der Waals surface area (Å²) >= 11 is 7.07. The van der Waals surface area contributed by atoms with Gasteiger partial charge in [-0.3, -0.25) is 4.79 Å². The molecule has 160 valence electrons. The SMILES string of the molecule is CCCCCCC#C[C@]1(C(F)(F)F)CC(c2ccc(Cl)s2)=C(c2nnn[nH]2)C(=O)N1. The fraction of sp³-hybridized carbons (Fsp3) is 0.474. The van der Waals surface area contributed by atoms with Crippen molar-refractivity contribution in [1.82, 2.24) is 25.9 Å². The van der Waals surface area contributed by atoms with Gasteiger partial charge in [0.05, 0.1) is 9.91 Å². The molecule has 30 heavy (non-hydrogen) atoms. The Hall–Kier alpha value is -2.38. The second kappa shape index (κ2) is 9.18. The summed E-state index contributed by atoms with van der Waals surface area (Å²) in [7, 11) is 0. The Bertz CT molecular complexity index is 990. The molecular formula is C19H19ClF3N5OS. The van der Waals surface area contributed by atoms with Gasteiger partial charge in [-0.25, -0.2) is 5.10 Å². The number of amides is 1. The van der Waals surface area contributed by atoms with Crippen molar-refractivity contribution in [2.24, 2.45) is 0 Å². The lowest BCUT2D eigenvalue weighted by Gasteiger charge is -2.36. The zero-order valence-corrected chi connectivity index (χ0v) is 17.6. The van der Waals surface area contributed by atoms with Gasteiger partial charge in [0, 0.05) is 17.7 Å². The Morgan fingerprint density at radius 2 is 2.10 bits per heavy atom. The predicted octanol–water partition coefficient (Wildman–Crippen LogP) is 4.62. The molecule has 1 atom stereocenters. The third-order valence-corrected chi connectivity index (χ3v) is 5.98. The monoisotopic (exact) mass is 457 g/mol. The highest BCUT2D eigenvalue weighted by Crippen LogP contribution is 2.45. The number of nitrogens with one attached hydrogen (secondary N) is 2. The van der Waals surface area contributed by atoms with Gasteiger partial charge in [0.2, 0.25) is 5.54 Å². The molecule has 6 nitrogen and oxygen atoms in total. The minimum absolute atomic E-state index is 0.0182. The van der Waals surface area contributed by atoms with Crippen molar-refractivity contribution in [1.29, 1.82) is 0 Å². The predicted molar refractivity (Wildman–Crippen MR) is 108 cm³/mol. The number of halogens is 4. The van der Waals surface area contributed by atoms with Gasteiger partial charge in [0.25, 0.3) is 5.91 Å². The molecule has 1 aliphatic heterocycles. The van der Waals surface area contributed by atoms with Crippen LogP contribution in [-0.4, -0.2) is 38.2 Å². The molecule has 0 saturated heterocycles. The van der Waals surface area contributed by atoms with Crippen LogP contribution < -0.4 is 5.32 Å². The summed E-state index contributed by atoms with van der Waals surface area (Å²) in [5.41, 5.74) is -2.60. The molecule has 1 aliphatic rings. The van der Waals surface area contributed by atoms with Gasteiger partial charge in [0.1, 0.15) is 0 Å². The van der Waals surface area contributed by atoms with Crippen LogP contribution in [0.4, 0.5) is 13.2 Å². The van der Waals surface area contributed by atoms with Gasteiger partial charge in [0.15, 0.2) is 5.82 Å². The summed E-state index contributed by atoms with van der Waals surface area (Å²) in [5.74, 6) is 3.99. The van der Waals surface area contributed by atoms with E-state index in [0.29, 0.717) is 22.1 Å². The first-order valence-corrected chi connectivity index (χ1v) is 10.6. The number of hydrogen-bond acceptors (Lipinski definition) is 5. The molecule has 0 saturated carbocycles. The van der Waals surface area contributed by atoms with Crippen LogP contribution in [0.15, 0.2) is 12.1 Å². The molecule has 0 radical (unpaired) electrons. The summed E-state index contributed by atoms with van der Waals surface area (Å²) in [5, 5.41) is 15.1. The fourth-order valence-electron chi connectivity index (χ4n) is 3.16. The van der Waals surface area contributed by atoms with E-state index in [2.05, 4.69) is 37.8 Å². The summed E-state index contributed by atoms with van der Waals surface area (Å²) in [6, 6.07) is 3.13. The van der Waals surface area contributed by atoms with Crippen molar-refractivity contribution >= 4 is 40.0 Å². The maximum atomic E-state index is 14.2. The van der Waals surface area contributed by atoms with E-state index in [0.717, 1.165) is 30.6 Å². The second-order valence-corrected chi connectivity index (χ2v) is 8.57. The third-order valence-electron chi connectivity index (χ3n) is 4.69. The Morgan fingerprint density at radius 3 is 2.70 bits per heavy atom. The lowest BCUT2D eigenvalue weighted by Crippen LogP contribution is -2.60. The standard InChI is InChI=1S/C19H19ClF3N5OS/c1-2-3-4-5-6-7-10-18(19(21,22)23)11-12(13-8-9-14(20)30-13)15(17(29)24-18)16-25-27-28-26-16/h8-9H,2-6,11H2,1H3,(H,24,29)(H,25,26,27,28)/t18-/m1/s1. The van der Waals surface area contributed by atoms with Crippen molar-refractivity contribution in [2.45, 2.75) is 57.2 Å². The van der Waals surface area contributed by atoms with E-state index in [-0.39, 0.29) is 17.0 Å². The first-order valence-electron chi connectivity index (χ1n) is 9.39. The van der Waals surface area contributed by atoms with Crippen molar-refractivity contribution in [3.63, 3.8) is 0 Å². The number of alkyl halides is 3. The van der Waals surface area contributed by atoms with Crippen molar-refractivity contribution in [3.8, 4) is 11.8 Å². The summed E-state index contributed by atoms with van der Waals surface area (Å²) in [6.45, 7) is 2.05. The first kappa shape index (κ1) is 22.3. The molecule has 2 aromatic rings. The Labute approximate surface area is 180 Å². The van der Waals surface area contributed by atoms with Crippen LogP contribution in [0.5, 0.6) is 0 Å². The maximum Gasteiger partial charge on any atom is 0.423 e. The number of carbonyl (C=O) groups is 1. The second-order valence-electron chi connectivity index (χ2n) is 6.85. The molecule has 0 aliphatic carbocycles. The van der Waals surface area contributed by atoms with Gasteiger partial charge in [-0.1, -0.05) is 43.7 Å². The smallest absolute Gasteiger partial charge is 0.328 e. The van der Waals surface area contributed by atoms with E-state index >= 15 is 0 Å². The van der Waals surface area contributed by atoms with Crippen LogP contribution >= 0.6 is 22.9 Å². The minimum atomic E-state index is -4.78. The van der Waals surface area contributed by atoms with Gasteiger partial charge < -0.3 is 5.32 Å². The van der Waals surface area contributed by atoms with Gasteiger partial charge in [-0.2, -0.15) is 13.2 Å². The topological polar surface area (TPSA) is 83.6 Å². The van der Waals surface area contributed by atoms with Crippen LogP contribution in [0, 0.1) is 11.8 Å².